The molecule has 24 heavy (non-hydrogen) atoms. The van der Waals surface area contributed by atoms with E-state index >= 15 is 0 Å². The molecule has 124 valence electrons. The van der Waals surface area contributed by atoms with Crippen molar-refractivity contribution in [2.45, 2.75) is 44.3 Å². The highest BCUT2D eigenvalue weighted by atomic mass is 16.5. The van der Waals surface area contributed by atoms with Crippen molar-refractivity contribution in [1.82, 2.24) is 4.98 Å². The van der Waals surface area contributed by atoms with Crippen LogP contribution >= 0.6 is 0 Å². The zero-order valence-corrected chi connectivity index (χ0v) is 14.0. The Labute approximate surface area is 141 Å². The molecule has 5 heteroatoms. The lowest BCUT2D eigenvalue weighted by atomic mass is 10.1. The first-order valence-electron chi connectivity index (χ1n) is 8.52. The number of hydrogen-bond acceptors (Lipinski definition) is 5. The Kier molecular flexibility index (Phi) is 3.78. The average molecular weight is 323 g/mol. The summed E-state index contributed by atoms with van der Waals surface area (Å²) in [4.78, 5) is 6.57. The predicted molar refractivity (Wildman–Crippen MR) is 90.0 cm³/mol. The second-order valence-electron chi connectivity index (χ2n) is 6.84. The Morgan fingerprint density at radius 2 is 1.83 bits per heavy atom. The van der Waals surface area contributed by atoms with Crippen LogP contribution in [0.15, 0.2) is 34.7 Å². The summed E-state index contributed by atoms with van der Waals surface area (Å²) in [5, 5.41) is 9.45. The van der Waals surface area contributed by atoms with Crippen LogP contribution in [-0.4, -0.2) is 30.3 Å². The molecule has 1 aromatic heterocycles. The van der Waals surface area contributed by atoms with Gasteiger partial charge >= 0.3 is 0 Å². The molecule has 1 aliphatic carbocycles. The lowest BCUT2D eigenvalue weighted by Gasteiger charge is -2.34. The Bertz CT molecular complexity index is 755. The van der Waals surface area contributed by atoms with Crippen molar-refractivity contribution in [2.75, 3.05) is 18.0 Å². The number of aromatic nitrogens is 1. The van der Waals surface area contributed by atoms with E-state index < -0.39 is 0 Å². The van der Waals surface area contributed by atoms with Crippen LogP contribution in [0.2, 0.25) is 0 Å². The molecule has 1 saturated carbocycles. The molecule has 5 nitrogen and oxygen atoms in total. The van der Waals surface area contributed by atoms with E-state index in [9.17, 15) is 5.26 Å². The fourth-order valence-electron chi connectivity index (χ4n) is 3.65. The first kappa shape index (κ1) is 15.2. The number of nitriles is 1. The summed E-state index contributed by atoms with van der Waals surface area (Å²) in [6, 6.07) is 12.6. The fourth-order valence-corrected chi connectivity index (χ4v) is 3.65. The minimum Gasteiger partial charge on any atom is -0.423 e. The quantitative estimate of drug-likeness (QED) is 0.866. The number of hydrogen-bond donors (Lipinski definition) is 0. The van der Waals surface area contributed by atoms with E-state index in [1.807, 2.05) is 19.9 Å². The highest BCUT2D eigenvalue weighted by Crippen LogP contribution is 2.54. The number of morpholine rings is 1. The molecule has 1 saturated heterocycles. The summed E-state index contributed by atoms with van der Waals surface area (Å²) < 4.78 is 11.8. The van der Waals surface area contributed by atoms with Gasteiger partial charge in [0.2, 0.25) is 17.5 Å². The van der Waals surface area contributed by atoms with E-state index in [0.29, 0.717) is 23.4 Å². The third-order valence-electron chi connectivity index (χ3n) is 4.77. The van der Waals surface area contributed by atoms with Gasteiger partial charge in [-0.3, -0.25) is 0 Å². The van der Waals surface area contributed by atoms with Crippen molar-refractivity contribution in [1.29, 1.82) is 5.26 Å². The van der Waals surface area contributed by atoms with Gasteiger partial charge in [-0.25, -0.2) is 4.98 Å². The summed E-state index contributed by atoms with van der Waals surface area (Å²) >= 11 is 0. The molecule has 4 rings (SSSR count). The zero-order chi connectivity index (χ0) is 16.7. The zero-order valence-electron chi connectivity index (χ0n) is 14.0. The Balaban J connectivity index is 1.57. The lowest BCUT2D eigenvalue weighted by molar-refractivity contribution is -0.00647. The van der Waals surface area contributed by atoms with Crippen molar-refractivity contribution in [3.05, 3.63) is 47.5 Å². The van der Waals surface area contributed by atoms with E-state index in [4.69, 9.17) is 9.15 Å². The summed E-state index contributed by atoms with van der Waals surface area (Å²) in [6.45, 7) is 5.53. The van der Waals surface area contributed by atoms with E-state index in [1.165, 1.54) is 5.56 Å². The van der Waals surface area contributed by atoms with Gasteiger partial charge in [-0.05, 0) is 31.7 Å². The van der Waals surface area contributed by atoms with Crippen molar-refractivity contribution in [2.24, 2.45) is 0 Å². The molecule has 0 radical (unpaired) electrons. The maximum Gasteiger partial charge on any atom is 0.234 e. The van der Waals surface area contributed by atoms with E-state index in [2.05, 4.69) is 40.2 Å². The van der Waals surface area contributed by atoms with Gasteiger partial charge in [-0.2, -0.15) is 5.26 Å². The first-order valence-corrected chi connectivity index (χ1v) is 8.52. The van der Waals surface area contributed by atoms with Crippen LogP contribution in [0.3, 0.4) is 0 Å². The lowest BCUT2D eigenvalue weighted by Crippen LogP contribution is -2.45. The SMILES string of the molecule is C[C@@H]1CN(c2oc([C@@H]3C[C@H]3c3ccccc3)nc2C#N)C[C@@H](C)O1. The van der Waals surface area contributed by atoms with Gasteiger partial charge in [-0.1, -0.05) is 30.3 Å². The summed E-state index contributed by atoms with van der Waals surface area (Å²) in [7, 11) is 0. The molecule has 0 bridgehead atoms. The highest BCUT2D eigenvalue weighted by Gasteiger charge is 2.44. The van der Waals surface area contributed by atoms with Crippen LogP contribution in [0.5, 0.6) is 0 Å². The Hall–Kier alpha value is -2.32. The van der Waals surface area contributed by atoms with Crippen molar-refractivity contribution in [3.63, 3.8) is 0 Å². The van der Waals surface area contributed by atoms with Crippen LogP contribution in [-0.2, 0) is 4.74 Å². The number of benzene rings is 1. The molecule has 4 atom stereocenters. The van der Waals surface area contributed by atoms with Gasteiger partial charge in [0.1, 0.15) is 6.07 Å². The molecule has 2 aromatic rings. The molecule has 2 fully saturated rings. The van der Waals surface area contributed by atoms with Gasteiger partial charge < -0.3 is 14.1 Å². The van der Waals surface area contributed by atoms with Crippen LogP contribution in [0.4, 0.5) is 5.88 Å². The summed E-state index contributed by atoms with van der Waals surface area (Å²) in [6.07, 6.45) is 1.27. The Morgan fingerprint density at radius 3 is 2.50 bits per heavy atom. The third kappa shape index (κ3) is 2.78. The molecule has 0 unspecified atom stereocenters. The number of nitrogens with zero attached hydrogens (tertiary/aromatic N) is 3. The minimum absolute atomic E-state index is 0.117. The van der Waals surface area contributed by atoms with E-state index in [0.717, 1.165) is 19.5 Å². The van der Waals surface area contributed by atoms with Crippen LogP contribution in [0.1, 0.15) is 49.3 Å². The van der Waals surface area contributed by atoms with Gasteiger partial charge in [0, 0.05) is 19.0 Å². The summed E-state index contributed by atoms with van der Waals surface area (Å²) in [5.74, 6) is 2.03. The normalized spacial score (nSPS) is 29.3. The second kappa shape index (κ2) is 5.95. The van der Waals surface area contributed by atoms with Gasteiger partial charge in [0.25, 0.3) is 0 Å². The van der Waals surface area contributed by atoms with Crippen molar-refractivity contribution in [3.8, 4) is 6.07 Å². The molecule has 2 heterocycles. The monoisotopic (exact) mass is 323 g/mol. The third-order valence-corrected chi connectivity index (χ3v) is 4.77. The maximum atomic E-state index is 9.45. The fraction of sp³-hybridized carbons (Fsp3) is 0.474. The van der Waals surface area contributed by atoms with E-state index in [1.54, 1.807) is 0 Å². The topological polar surface area (TPSA) is 62.3 Å². The van der Waals surface area contributed by atoms with Gasteiger partial charge in [-0.15, -0.1) is 0 Å². The van der Waals surface area contributed by atoms with Gasteiger partial charge in [0.05, 0.1) is 12.2 Å². The van der Waals surface area contributed by atoms with Crippen LogP contribution in [0, 0.1) is 11.3 Å². The molecular weight excluding hydrogens is 302 g/mol. The molecule has 0 spiro atoms. The number of ether oxygens (including phenoxy) is 1. The molecular formula is C19H21N3O2. The number of anilines is 1. The average Bonchev–Trinajstić information content (AvgIpc) is 3.26. The first-order chi connectivity index (χ1) is 11.7. The largest absolute Gasteiger partial charge is 0.423 e. The molecule has 1 aromatic carbocycles. The molecule has 1 aliphatic heterocycles. The Morgan fingerprint density at radius 1 is 1.12 bits per heavy atom. The minimum atomic E-state index is 0.117. The second-order valence-corrected chi connectivity index (χ2v) is 6.84. The van der Waals surface area contributed by atoms with Gasteiger partial charge in [0.15, 0.2) is 0 Å². The van der Waals surface area contributed by atoms with Crippen molar-refractivity contribution < 1.29 is 9.15 Å². The van der Waals surface area contributed by atoms with Crippen LogP contribution in [0.25, 0.3) is 0 Å². The summed E-state index contributed by atoms with van der Waals surface area (Å²) in [5.41, 5.74) is 1.71. The predicted octanol–water partition coefficient (Wildman–Crippen LogP) is 3.43. The molecule has 0 N–H and O–H groups in total. The maximum absolute atomic E-state index is 9.45. The van der Waals surface area contributed by atoms with Crippen molar-refractivity contribution >= 4 is 5.88 Å². The molecule has 0 amide bonds. The molecule has 2 aliphatic rings. The standard InChI is InChI=1S/C19H21N3O2/c1-12-10-22(11-13(2)23-12)19-17(9-20)21-18(24-19)16-8-15(16)14-6-4-3-5-7-14/h3-7,12-13,15-16H,8,10-11H2,1-2H3/t12-,13-,15+,16-/m1/s1. The highest BCUT2D eigenvalue weighted by molar-refractivity contribution is 5.49. The smallest absolute Gasteiger partial charge is 0.234 e. The number of rotatable bonds is 3. The van der Waals surface area contributed by atoms with E-state index in [-0.39, 0.29) is 18.1 Å². The van der Waals surface area contributed by atoms with Crippen LogP contribution < -0.4 is 4.90 Å². The number of oxazole rings is 1.